The fraction of sp³-hybridized carbons (Fsp3) is 0. The first-order valence-corrected chi connectivity index (χ1v) is 10.7. The second kappa shape index (κ2) is 8.82. The average Bonchev–Trinajstić information content (AvgIpc) is 2.79. The zero-order chi connectivity index (χ0) is 22.6. The fourth-order valence-corrected chi connectivity index (χ4v) is 3.84. The molecule has 0 fully saturated rings. The molecule has 0 atom stereocenters. The number of anilines is 1. The Kier molecular flexibility index (Phi) is 5.77. The lowest BCUT2D eigenvalue weighted by Crippen LogP contribution is -2.09. The molecular formula is C22H16N4O5S. The minimum absolute atomic E-state index is 0.0567. The molecule has 160 valence electrons. The van der Waals surface area contributed by atoms with Crippen LogP contribution in [0.3, 0.4) is 0 Å². The number of pyridine rings is 1. The van der Waals surface area contributed by atoms with E-state index in [-0.39, 0.29) is 16.3 Å². The largest absolute Gasteiger partial charge is 0.379 e. The molecule has 4 aromatic rings. The lowest BCUT2D eigenvalue weighted by molar-refractivity contribution is -0.385. The number of nitrogens with one attached hydrogen (secondary N) is 1. The fourth-order valence-electron chi connectivity index (χ4n) is 2.88. The second-order valence-electron chi connectivity index (χ2n) is 6.65. The molecule has 1 N–H and O–H groups in total. The number of aromatic nitrogens is 1. The Labute approximate surface area is 183 Å². The molecule has 0 bridgehead atoms. The van der Waals surface area contributed by atoms with Crippen molar-refractivity contribution in [1.82, 2.24) is 4.98 Å². The number of hydrazone groups is 1. The zero-order valence-corrected chi connectivity index (χ0v) is 17.3. The molecular weight excluding hydrogens is 432 g/mol. The van der Waals surface area contributed by atoms with Crippen molar-refractivity contribution < 1.29 is 17.5 Å². The summed E-state index contributed by atoms with van der Waals surface area (Å²) in [5.74, 6) is 0.453. The molecule has 9 nitrogen and oxygen atoms in total. The van der Waals surface area contributed by atoms with E-state index < -0.39 is 15.0 Å². The molecule has 4 rings (SSSR count). The third-order valence-corrected chi connectivity index (χ3v) is 5.67. The summed E-state index contributed by atoms with van der Waals surface area (Å²) >= 11 is 0. The van der Waals surface area contributed by atoms with Crippen LogP contribution in [0.1, 0.15) is 5.56 Å². The van der Waals surface area contributed by atoms with Crippen LogP contribution < -0.4 is 9.61 Å². The van der Waals surface area contributed by atoms with E-state index in [0.717, 1.165) is 17.0 Å². The molecule has 3 aromatic carbocycles. The summed E-state index contributed by atoms with van der Waals surface area (Å²) in [6, 6.07) is 21.4. The monoisotopic (exact) mass is 448 g/mol. The van der Waals surface area contributed by atoms with Crippen molar-refractivity contribution in [3.63, 3.8) is 0 Å². The highest BCUT2D eigenvalue weighted by Gasteiger charge is 2.17. The zero-order valence-electron chi connectivity index (χ0n) is 16.5. The van der Waals surface area contributed by atoms with Crippen LogP contribution >= 0.6 is 0 Å². The number of nitro groups is 1. The van der Waals surface area contributed by atoms with Gasteiger partial charge in [-0.1, -0.05) is 42.5 Å². The molecule has 0 saturated heterocycles. The molecule has 0 aliphatic rings. The van der Waals surface area contributed by atoms with Gasteiger partial charge in [0.25, 0.3) is 5.69 Å². The summed E-state index contributed by atoms with van der Waals surface area (Å²) in [5.41, 5.74) is 3.09. The van der Waals surface area contributed by atoms with E-state index in [1.165, 1.54) is 36.5 Å². The van der Waals surface area contributed by atoms with E-state index in [1.54, 1.807) is 24.3 Å². The van der Waals surface area contributed by atoms with E-state index in [9.17, 15) is 18.5 Å². The lowest BCUT2D eigenvalue weighted by Gasteiger charge is -2.08. The highest BCUT2D eigenvalue weighted by molar-refractivity contribution is 7.87. The predicted molar refractivity (Wildman–Crippen MR) is 120 cm³/mol. The number of benzene rings is 3. The first-order chi connectivity index (χ1) is 15.4. The summed E-state index contributed by atoms with van der Waals surface area (Å²) in [6.45, 7) is 0. The van der Waals surface area contributed by atoms with Crippen molar-refractivity contribution in [2.24, 2.45) is 5.10 Å². The Morgan fingerprint density at radius 2 is 1.78 bits per heavy atom. The van der Waals surface area contributed by atoms with Crippen LogP contribution in [0.5, 0.6) is 5.75 Å². The van der Waals surface area contributed by atoms with E-state index >= 15 is 0 Å². The Morgan fingerprint density at radius 1 is 0.969 bits per heavy atom. The molecule has 0 radical (unpaired) electrons. The van der Waals surface area contributed by atoms with Crippen LogP contribution in [0.2, 0.25) is 0 Å². The molecule has 32 heavy (non-hydrogen) atoms. The smallest absolute Gasteiger partial charge is 0.339 e. The first kappa shape index (κ1) is 20.9. The molecule has 0 amide bonds. The van der Waals surface area contributed by atoms with Gasteiger partial charge in [0.05, 0.1) is 11.1 Å². The van der Waals surface area contributed by atoms with E-state index in [0.29, 0.717) is 11.4 Å². The first-order valence-electron chi connectivity index (χ1n) is 9.34. The summed E-state index contributed by atoms with van der Waals surface area (Å²) in [4.78, 5) is 14.0. The standard InChI is InChI=1S/C22H16N4O5S/c27-26(28)19-9-11-22(23-15-19)25-24-14-16-4-3-7-20(12-16)31-32(29,30)21-10-8-17-5-1-2-6-18(17)13-21/h1-15H,(H,23,25)/b24-14-. The maximum Gasteiger partial charge on any atom is 0.339 e. The van der Waals surface area contributed by atoms with Crippen LogP contribution in [0, 0.1) is 10.1 Å². The van der Waals surface area contributed by atoms with Crippen molar-refractivity contribution in [1.29, 1.82) is 0 Å². The number of rotatable bonds is 7. The molecule has 1 heterocycles. The molecule has 0 spiro atoms. The molecule has 1 aromatic heterocycles. The van der Waals surface area contributed by atoms with Crippen LogP contribution in [-0.4, -0.2) is 24.5 Å². The molecule has 10 heteroatoms. The number of hydrogen-bond donors (Lipinski definition) is 1. The lowest BCUT2D eigenvalue weighted by atomic mass is 10.1. The van der Waals surface area contributed by atoms with E-state index in [2.05, 4.69) is 15.5 Å². The third kappa shape index (κ3) is 4.87. The van der Waals surface area contributed by atoms with Crippen molar-refractivity contribution in [2.45, 2.75) is 4.90 Å². The van der Waals surface area contributed by atoms with Gasteiger partial charge in [-0.3, -0.25) is 15.5 Å². The van der Waals surface area contributed by atoms with E-state index in [1.807, 2.05) is 24.3 Å². The van der Waals surface area contributed by atoms with Crippen LogP contribution in [0.15, 0.2) is 95.1 Å². The highest BCUT2D eigenvalue weighted by atomic mass is 32.2. The Balaban J connectivity index is 1.47. The number of fused-ring (bicyclic) bond motifs is 1. The molecule has 0 aliphatic heterocycles. The SMILES string of the molecule is O=[N+]([O-])c1ccc(N/N=C\c2cccc(OS(=O)(=O)c3ccc4ccccc4c3)c2)nc1. The number of hydrogen-bond acceptors (Lipinski definition) is 8. The highest BCUT2D eigenvalue weighted by Crippen LogP contribution is 2.23. The van der Waals surface area contributed by atoms with Crippen LogP contribution in [-0.2, 0) is 10.1 Å². The Bertz CT molecular complexity index is 1420. The van der Waals surface area contributed by atoms with Gasteiger partial charge in [-0.25, -0.2) is 4.98 Å². The third-order valence-electron chi connectivity index (χ3n) is 4.43. The number of nitrogens with zero attached hydrogens (tertiary/aromatic N) is 3. The van der Waals surface area contributed by atoms with Gasteiger partial charge in [-0.05, 0) is 46.7 Å². The van der Waals surface area contributed by atoms with Crippen LogP contribution in [0.4, 0.5) is 11.5 Å². The van der Waals surface area contributed by atoms with Gasteiger partial charge in [-0.2, -0.15) is 13.5 Å². The van der Waals surface area contributed by atoms with Gasteiger partial charge in [0.2, 0.25) is 0 Å². The average molecular weight is 448 g/mol. The van der Waals surface area contributed by atoms with Crippen molar-refractivity contribution in [2.75, 3.05) is 5.43 Å². The van der Waals surface area contributed by atoms with Gasteiger partial charge >= 0.3 is 10.1 Å². The normalized spacial score (nSPS) is 11.5. The van der Waals surface area contributed by atoms with Gasteiger partial charge in [0.1, 0.15) is 22.7 Å². The maximum absolute atomic E-state index is 12.7. The summed E-state index contributed by atoms with van der Waals surface area (Å²) < 4.78 is 30.7. The second-order valence-corrected chi connectivity index (χ2v) is 8.19. The van der Waals surface area contributed by atoms with Gasteiger partial charge in [-0.15, -0.1) is 0 Å². The van der Waals surface area contributed by atoms with Crippen molar-refractivity contribution in [3.05, 3.63) is 101 Å². The van der Waals surface area contributed by atoms with Crippen molar-refractivity contribution in [3.8, 4) is 5.75 Å². The quantitative estimate of drug-likeness (QED) is 0.193. The van der Waals surface area contributed by atoms with Gasteiger partial charge in [0.15, 0.2) is 0 Å². The van der Waals surface area contributed by atoms with Gasteiger partial charge in [0, 0.05) is 6.07 Å². The predicted octanol–water partition coefficient (Wildman–Crippen LogP) is 4.36. The van der Waals surface area contributed by atoms with Gasteiger partial charge < -0.3 is 4.18 Å². The van der Waals surface area contributed by atoms with E-state index in [4.69, 9.17) is 4.18 Å². The molecule has 0 unspecified atom stereocenters. The maximum atomic E-state index is 12.7. The molecule has 0 saturated carbocycles. The van der Waals surface area contributed by atoms with Crippen molar-refractivity contribution >= 4 is 38.6 Å². The minimum atomic E-state index is -4.02. The Morgan fingerprint density at radius 3 is 2.53 bits per heavy atom. The summed E-state index contributed by atoms with van der Waals surface area (Å²) in [5, 5.41) is 16.4. The topological polar surface area (TPSA) is 124 Å². The molecule has 0 aliphatic carbocycles. The Hall–Kier alpha value is -4.31. The van der Waals surface area contributed by atoms with Crippen LogP contribution in [0.25, 0.3) is 10.8 Å². The minimum Gasteiger partial charge on any atom is -0.379 e. The summed E-state index contributed by atoms with van der Waals surface area (Å²) in [7, 11) is -4.02. The summed E-state index contributed by atoms with van der Waals surface area (Å²) in [6.07, 6.45) is 2.56.